The van der Waals surface area contributed by atoms with Crippen LogP contribution in [0.3, 0.4) is 0 Å². The number of nitrogens with zero attached hydrogens (tertiary/aromatic N) is 10. The van der Waals surface area contributed by atoms with Crippen LogP contribution in [0.25, 0.3) is 54.5 Å². The van der Waals surface area contributed by atoms with Gasteiger partial charge in [0.2, 0.25) is 11.8 Å². The largest absolute Gasteiger partial charge is 0.453 e. The Morgan fingerprint density at radius 2 is 1.32 bits per heavy atom. The number of halogens is 1. The number of likely N-dealkylation sites (tertiary alicyclic amines) is 2. The van der Waals surface area contributed by atoms with Crippen molar-refractivity contribution in [1.29, 1.82) is 0 Å². The maximum atomic E-state index is 13.9. The number of rotatable bonds is 14. The molecule has 2 aliphatic rings. The summed E-state index contributed by atoms with van der Waals surface area (Å²) in [6.07, 6.45) is 1.04. The van der Waals surface area contributed by atoms with Crippen LogP contribution in [0.4, 0.5) is 9.59 Å². The molecule has 62 heavy (non-hydrogen) atoms. The Morgan fingerprint density at radius 1 is 0.790 bits per heavy atom. The van der Waals surface area contributed by atoms with E-state index in [1.165, 1.54) is 14.2 Å². The lowest BCUT2D eigenvalue weighted by atomic mass is 9.94. The fraction of sp³-hybridized carbons (Fsp3) is 0.463. The summed E-state index contributed by atoms with van der Waals surface area (Å²) in [6.45, 7) is 7.87. The smallest absolute Gasteiger partial charge is 0.407 e. The average Bonchev–Trinajstić information content (AvgIpc) is 4.09. The topological polar surface area (TPSA) is 272 Å². The molecule has 20 nitrogen and oxygen atoms in total. The van der Waals surface area contributed by atoms with E-state index >= 15 is 0 Å². The molecule has 2 aromatic carbocycles. The van der Waals surface area contributed by atoms with Crippen LogP contribution in [-0.4, -0.2) is 106 Å². The number of carbonyl (C=O) groups excluding carboxylic acids is 4. The third-order valence-corrected chi connectivity index (χ3v) is 11.6. The Balaban J connectivity index is 1.17. The predicted octanol–water partition coefficient (Wildman–Crippen LogP) is 7.70. The molecule has 6 rings (SSSR count). The molecule has 4 amide bonds. The molecular weight excluding hydrogens is 820 g/mol. The van der Waals surface area contributed by atoms with Gasteiger partial charge in [0, 0.05) is 35.0 Å². The van der Waals surface area contributed by atoms with Crippen molar-refractivity contribution in [2.24, 2.45) is 28.0 Å². The number of hydrogen-bond donors (Lipinski definition) is 4. The van der Waals surface area contributed by atoms with Crippen LogP contribution >= 0.6 is 11.6 Å². The van der Waals surface area contributed by atoms with Gasteiger partial charge in [-0.2, -0.15) is 0 Å². The Kier molecular flexibility index (Phi) is 14.3. The second-order valence-electron chi connectivity index (χ2n) is 15.9. The molecule has 21 heteroatoms. The van der Waals surface area contributed by atoms with Gasteiger partial charge in [-0.1, -0.05) is 98.1 Å². The van der Waals surface area contributed by atoms with Gasteiger partial charge in [-0.15, -0.1) is 0 Å². The Morgan fingerprint density at radius 3 is 1.85 bits per heavy atom. The van der Waals surface area contributed by atoms with Gasteiger partial charge in [0.25, 0.3) is 0 Å². The number of imidazole rings is 2. The van der Waals surface area contributed by atoms with E-state index in [0.717, 1.165) is 27.9 Å². The summed E-state index contributed by atoms with van der Waals surface area (Å²) in [5.74, 6) is -0.473. The molecule has 2 aliphatic heterocycles. The first-order valence-electron chi connectivity index (χ1n) is 20.1. The minimum Gasteiger partial charge on any atom is -0.453 e. The summed E-state index contributed by atoms with van der Waals surface area (Å²) in [6, 6.07) is 12.8. The number of carbonyl (C=O) groups is 4. The molecule has 4 heterocycles. The van der Waals surface area contributed by atoms with Crippen molar-refractivity contribution in [2.75, 3.05) is 33.9 Å². The lowest BCUT2D eigenvalue weighted by Gasteiger charge is -2.30. The highest BCUT2D eigenvalue weighted by atomic mass is 35.5. The summed E-state index contributed by atoms with van der Waals surface area (Å²) in [4.78, 5) is 76.7. The molecule has 2 fully saturated rings. The predicted molar refractivity (Wildman–Crippen MR) is 229 cm³/mol. The van der Waals surface area contributed by atoms with Gasteiger partial charge in [0.05, 0.1) is 56.2 Å². The van der Waals surface area contributed by atoms with Crippen LogP contribution in [0, 0.1) is 17.8 Å². The molecular formula is C41H49ClN14O6. The highest BCUT2D eigenvalue weighted by molar-refractivity contribution is 6.31. The van der Waals surface area contributed by atoms with Crippen molar-refractivity contribution >= 4 is 35.6 Å². The van der Waals surface area contributed by atoms with E-state index in [0.29, 0.717) is 35.3 Å². The van der Waals surface area contributed by atoms with E-state index in [9.17, 15) is 24.7 Å². The van der Waals surface area contributed by atoms with Gasteiger partial charge in [-0.25, -0.2) is 19.6 Å². The number of azide groups is 2. The Bertz CT molecular complexity index is 2350. The average molecular weight is 869 g/mol. The fourth-order valence-electron chi connectivity index (χ4n) is 7.94. The first-order valence-corrected chi connectivity index (χ1v) is 20.5. The summed E-state index contributed by atoms with van der Waals surface area (Å²) in [7, 11) is 2.49. The van der Waals surface area contributed by atoms with E-state index in [4.69, 9.17) is 31.6 Å². The minimum atomic E-state index is -0.855. The Labute approximate surface area is 362 Å². The summed E-state index contributed by atoms with van der Waals surface area (Å²) in [5, 5.41) is 13.3. The lowest BCUT2D eigenvalue weighted by molar-refractivity contribution is -0.138. The molecule has 2 saturated heterocycles. The zero-order valence-electron chi connectivity index (χ0n) is 35.2. The van der Waals surface area contributed by atoms with E-state index < -0.39 is 48.3 Å². The van der Waals surface area contributed by atoms with E-state index in [1.807, 2.05) is 76.2 Å². The number of aromatic nitrogens is 4. The number of ether oxygens (including phenoxy) is 2. The van der Waals surface area contributed by atoms with Crippen LogP contribution in [-0.2, 0) is 19.1 Å². The number of alkyl carbamates (subject to hydrolysis) is 2. The standard InChI is InChI=1S/C41H49ClN14O6/c1-21(2)29(17-46-40(59)61-5)38(57)55-19-28(52-54-44)16-32(55)37-48-34(35(42)50-37)26-13-9-24(10-14-26)23-7-11-25(12-8-23)30-18-45-36(47-30)31-15-27(51-53-43)20-56(31)39(58)33(22(3)4)49-41(60)62-6/h7-14,18,21-22,27-29,31-33H,15-17,19-20H2,1-6H3,(H,45,47)(H,46,59)(H,48,50)(H,49,60)/t27-,28-,29+,31?,32?,33+/m1/s1. The number of nitrogens with one attached hydrogen (secondary N) is 4. The number of benzene rings is 2. The first-order chi connectivity index (χ1) is 29.8. The maximum Gasteiger partial charge on any atom is 0.407 e. The monoisotopic (exact) mass is 868 g/mol. The molecule has 0 radical (unpaired) electrons. The molecule has 2 unspecified atom stereocenters. The number of methoxy groups -OCH3 is 2. The van der Waals surface area contributed by atoms with Gasteiger partial charge >= 0.3 is 12.2 Å². The summed E-state index contributed by atoms with van der Waals surface area (Å²) >= 11 is 6.74. The molecule has 0 saturated carbocycles. The fourth-order valence-corrected chi connectivity index (χ4v) is 8.19. The van der Waals surface area contributed by atoms with Crippen molar-refractivity contribution in [3.8, 4) is 33.6 Å². The normalized spacial score (nSPS) is 19.4. The van der Waals surface area contributed by atoms with Crippen molar-refractivity contribution in [3.63, 3.8) is 0 Å². The van der Waals surface area contributed by atoms with Crippen LogP contribution in [0.15, 0.2) is 65.0 Å². The SMILES string of the molecule is COC(=O)NC[C@H](C(=O)N1C[C@H](N=[N+]=[N-])CC1c1nc(-c2ccc(-c3ccc(-c4cnc(C5C[C@@H](N=[N+]=[N-])CN5C(=O)[C@@H](NC(=O)OC)C(C)C)[nH]4)cc3)cc2)c(Cl)[nH]1)C(C)C. The molecule has 6 atom stereocenters. The highest BCUT2D eigenvalue weighted by Crippen LogP contribution is 2.38. The van der Waals surface area contributed by atoms with Gasteiger partial charge in [-0.3, -0.25) is 9.59 Å². The summed E-state index contributed by atoms with van der Waals surface area (Å²) < 4.78 is 9.44. The zero-order chi connectivity index (χ0) is 44.7. The molecule has 0 aliphatic carbocycles. The van der Waals surface area contributed by atoms with Crippen LogP contribution < -0.4 is 10.6 Å². The van der Waals surface area contributed by atoms with Crippen LogP contribution in [0.2, 0.25) is 5.15 Å². The first kappa shape index (κ1) is 44.8. The molecule has 2 aromatic heterocycles. The highest BCUT2D eigenvalue weighted by Gasteiger charge is 2.42. The third-order valence-electron chi connectivity index (χ3n) is 11.3. The minimum absolute atomic E-state index is 0.0745. The number of hydrogen-bond acceptors (Lipinski definition) is 10. The van der Waals surface area contributed by atoms with E-state index in [2.05, 4.69) is 45.6 Å². The summed E-state index contributed by atoms with van der Waals surface area (Å²) in [5.41, 5.74) is 23.0. The van der Waals surface area contributed by atoms with Crippen LogP contribution in [0.1, 0.15) is 64.3 Å². The lowest BCUT2D eigenvalue weighted by Crippen LogP contribution is -2.51. The number of H-pyrrole nitrogens is 2. The third kappa shape index (κ3) is 9.89. The molecule has 0 spiro atoms. The van der Waals surface area contributed by atoms with Crippen molar-refractivity contribution in [1.82, 2.24) is 40.4 Å². The molecule has 4 aromatic rings. The quantitative estimate of drug-likeness (QED) is 0.0552. The zero-order valence-corrected chi connectivity index (χ0v) is 35.9. The molecule has 326 valence electrons. The van der Waals surface area contributed by atoms with Crippen LogP contribution in [0.5, 0.6) is 0 Å². The molecule has 0 bridgehead atoms. The van der Waals surface area contributed by atoms with Gasteiger partial charge in [-0.05, 0) is 52.4 Å². The second-order valence-corrected chi connectivity index (χ2v) is 16.3. The Hall–Kier alpha value is -6.75. The van der Waals surface area contributed by atoms with E-state index in [1.54, 1.807) is 16.0 Å². The maximum absolute atomic E-state index is 13.9. The van der Waals surface area contributed by atoms with Gasteiger partial charge in [0.1, 0.15) is 28.5 Å². The second kappa shape index (κ2) is 19.8. The van der Waals surface area contributed by atoms with Gasteiger partial charge in [0.15, 0.2) is 0 Å². The van der Waals surface area contributed by atoms with Crippen molar-refractivity contribution < 1.29 is 28.7 Å². The molecule has 4 N–H and O–H groups in total. The van der Waals surface area contributed by atoms with Gasteiger partial charge < -0.3 is 39.9 Å². The van der Waals surface area contributed by atoms with Crippen molar-refractivity contribution in [2.45, 2.75) is 70.7 Å². The number of amides is 4. The van der Waals surface area contributed by atoms with E-state index in [-0.39, 0.29) is 43.3 Å². The number of aromatic amines is 2. The van der Waals surface area contributed by atoms with Crippen molar-refractivity contribution in [3.05, 3.63) is 92.4 Å².